The van der Waals surface area contributed by atoms with Gasteiger partial charge in [-0.15, -0.1) is 0 Å². The third kappa shape index (κ3) is 4.05. The number of hydrogen-bond acceptors (Lipinski definition) is 6. The molecule has 0 unspecified atom stereocenters. The topological polar surface area (TPSA) is 114 Å². The number of amides is 1. The van der Waals surface area contributed by atoms with Gasteiger partial charge < -0.3 is 9.84 Å². The van der Waals surface area contributed by atoms with Crippen molar-refractivity contribution >= 4 is 15.9 Å². The lowest BCUT2D eigenvalue weighted by atomic mass is 10.0. The quantitative estimate of drug-likeness (QED) is 0.814. The van der Waals surface area contributed by atoms with Crippen LogP contribution in [0.25, 0.3) is 11.4 Å². The first-order chi connectivity index (χ1) is 11.9. The molecule has 9 heteroatoms. The molecule has 1 saturated carbocycles. The highest BCUT2D eigenvalue weighted by Crippen LogP contribution is 2.39. The van der Waals surface area contributed by atoms with Crippen molar-refractivity contribution < 1.29 is 17.7 Å². The minimum Gasteiger partial charge on any atom is -0.359 e. The lowest BCUT2D eigenvalue weighted by molar-refractivity contribution is -0.124. The Labute approximate surface area is 146 Å². The fourth-order valence-corrected chi connectivity index (χ4v) is 4.03. The number of nitrogens with zero attached hydrogens (tertiary/aromatic N) is 2. The smallest absolute Gasteiger partial charge is 0.231 e. The zero-order valence-electron chi connectivity index (χ0n) is 14.0. The Kier molecular flexibility index (Phi) is 4.87. The van der Waals surface area contributed by atoms with E-state index in [4.69, 9.17) is 4.52 Å². The van der Waals surface area contributed by atoms with Crippen LogP contribution in [0.1, 0.15) is 24.7 Å². The summed E-state index contributed by atoms with van der Waals surface area (Å²) in [6, 6.07) is 8.90. The van der Waals surface area contributed by atoms with Crippen LogP contribution in [0.15, 0.2) is 34.9 Å². The number of carbonyl (C=O) groups excluding carboxylic acids is 1. The lowest BCUT2D eigenvalue weighted by Gasteiger charge is -2.16. The van der Waals surface area contributed by atoms with Crippen LogP contribution in [0.3, 0.4) is 0 Å². The fraction of sp³-hybridized carbons (Fsp3) is 0.438. The first-order valence-electron chi connectivity index (χ1n) is 7.95. The second-order valence-corrected chi connectivity index (χ2v) is 7.99. The van der Waals surface area contributed by atoms with Gasteiger partial charge in [0.1, 0.15) is 0 Å². The summed E-state index contributed by atoms with van der Waals surface area (Å²) in [7, 11) is -1.86. The average molecular weight is 364 g/mol. The Morgan fingerprint density at radius 2 is 1.96 bits per heavy atom. The molecule has 1 heterocycles. The number of rotatable bonds is 5. The van der Waals surface area contributed by atoms with Crippen molar-refractivity contribution in [1.29, 1.82) is 0 Å². The van der Waals surface area contributed by atoms with Gasteiger partial charge in [-0.05, 0) is 12.8 Å². The van der Waals surface area contributed by atoms with Crippen LogP contribution in [0.5, 0.6) is 0 Å². The van der Waals surface area contributed by atoms with Gasteiger partial charge in [0, 0.05) is 24.6 Å². The summed E-state index contributed by atoms with van der Waals surface area (Å²) in [5.74, 6) is 0.0115. The second-order valence-electron chi connectivity index (χ2n) is 6.21. The molecular formula is C16H20N4O4S. The number of carbonyl (C=O) groups is 1. The van der Waals surface area contributed by atoms with Crippen LogP contribution in [-0.4, -0.2) is 43.8 Å². The number of nitrogens with one attached hydrogen (secondary N) is 2. The molecule has 25 heavy (non-hydrogen) atoms. The Morgan fingerprint density at radius 1 is 1.24 bits per heavy atom. The summed E-state index contributed by atoms with van der Waals surface area (Å²) >= 11 is 0. The van der Waals surface area contributed by atoms with E-state index in [1.165, 1.54) is 0 Å². The highest BCUT2D eigenvalue weighted by Gasteiger charge is 2.42. The molecule has 2 N–H and O–H groups in total. The third-order valence-corrected chi connectivity index (χ3v) is 5.07. The highest BCUT2D eigenvalue weighted by atomic mass is 32.2. The van der Waals surface area contributed by atoms with Gasteiger partial charge in [0.2, 0.25) is 27.6 Å². The van der Waals surface area contributed by atoms with Crippen LogP contribution in [-0.2, 0) is 14.8 Å². The van der Waals surface area contributed by atoms with E-state index in [1.54, 1.807) is 7.05 Å². The molecule has 1 aromatic carbocycles. The molecule has 1 fully saturated rings. The molecule has 0 bridgehead atoms. The van der Waals surface area contributed by atoms with Gasteiger partial charge in [-0.2, -0.15) is 4.98 Å². The molecule has 134 valence electrons. The molecule has 3 atom stereocenters. The maximum atomic E-state index is 12.0. The van der Waals surface area contributed by atoms with Crippen molar-refractivity contribution in [2.75, 3.05) is 13.3 Å². The van der Waals surface area contributed by atoms with Crippen molar-refractivity contribution in [1.82, 2.24) is 20.2 Å². The summed E-state index contributed by atoms with van der Waals surface area (Å²) < 4.78 is 31.3. The zero-order valence-corrected chi connectivity index (χ0v) is 14.8. The normalized spacial score (nSPS) is 23.5. The van der Waals surface area contributed by atoms with E-state index < -0.39 is 16.1 Å². The molecule has 8 nitrogen and oxygen atoms in total. The molecule has 0 aliphatic heterocycles. The molecule has 1 aromatic heterocycles. The largest absolute Gasteiger partial charge is 0.359 e. The number of hydrogen-bond donors (Lipinski definition) is 2. The van der Waals surface area contributed by atoms with E-state index in [2.05, 4.69) is 20.2 Å². The summed E-state index contributed by atoms with van der Waals surface area (Å²) in [5.41, 5.74) is 0.811. The summed E-state index contributed by atoms with van der Waals surface area (Å²) in [6.45, 7) is 0. The van der Waals surface area contributed by atoms with E-state index in [-0.39, 0.29) is 17.7 Å². The van der Waals surface area contributed by atoms with Gasteiger partial charge in [0.15, 0.2) is 0 Å². The number of aromatic nitrogens is 2. The average Bonchev–Trinajstić information content (AvgIpc) is 3.20. The molecule has 0 radical (unpaired) electrons. The van der Waals surface area contributed by atoms with Gasteiger partial charge >= 0.3 is 0 Å². The Morgan fingerprint density at radius 3 is 2.60 bits per heavy atom. The van der Waals surface area contributed by atoms with Gasteiger partial charge in [0.25, 0.3) is 0 Å². The van der Waals surface area contributed by atoms with Crippen molar-refractivity contribution in [3.8, 4) is 11.4 Å². The van der Waals surface area contributed by atoms with Gasteiger partial charge in [-0.1, -0.05) is 35.5 Å². The minimum absolute atomic E-state index is 0.120. The van der Waals surface area contributed by atoms with E-state index in [1.807, 2.05) is 30.3 Å². The lowest BCUT2D eigenvalue weighted by Crippen LogP contribution is -2.36. The summed E-state index contributed by atoms with van der Waals surface area (Å²) in [5, 5.41) is 6.60. The van der Waals surface area contributed by atoms with Crippen LogP contribution in [0, 0.1) is 5.92 Å². The van der Waals surface area contributed by atoms with Gasteiger partial charge in [-0.25, -0.2) is 13.1 Å². The zero-order chi connectivity index (χ0) is 18.0. The van der Waals surface area contributed by atoms with Gasteiger partial charge in [0.05, 0.1) is 12.2 Å². The molecule has 1 aliphatic rings. The molecule has 1 aliphatic carbocycles. The predicted octanol–water partition coefficient (Wildman–Crippen LogP) is 0.894. The van der Waals surface area contributed by atoms with Crippen molar-refractivity contribution in [3.63, 3.8) is 0 Å². The number of benzene rings is 1. The van der Waals surface area contributed by atoms with Crippen LogP contribution >= 0.6 is 0 Å². The third-order valence-electron chi connectivity index (χ3n) is 4.34. The first kappa shape index (κ1) is 17.6. The molecular weight excluding hydrogens is 344 g/mol. The highest BCUT2D eigenvalue weighted by molar-refractivity contribution is 7.88. The summed E-state index contributed by atoms with van der Waals surface area (Å²) in [4.78, 5) is 16.4. The van der Waals surface area contributed by atoms with Gasteiger partial charge in [-0.3, -0.25) is 4.79 Å². The fourth-order valence-electron chi connectivity index (χ4n) is 3.22. The van der Waals surface area contributed by atoms with E-state index in [0.717, 1.165) is 11.8 Å². The second kappa shape index (κ2) is 6.93. The summed E-state index contributed by atoms with van der Waals surface area (Å²) in [6.07, 6.45) is 1.93. The van der Waals surface area contributed by atoms with E-state index in [0.29, 0.717) is 24.6 Å². The first-order valence-corrected chi connectivity index (χ1v) is 9.84. The predicted molar refractivity (Wildman–Crippen MR) is 91.0 cm³/mol. The molecule has 0 spiro atoms. The maximum Gasteiger partial charge on any atom is 0.231 e. The van der Waals surface area contributed by atoms with Crippen LogP contribution in [0.2, 0.25) is 0 Å². The van der Waals surface area contributed by atoms with E-state index >= 15 is 0 Å². The molecule has 2 aromatic rings. The van der Waals surface area contributed by atoms with Crippen molar-refractivity contribution in [2.45, 2.75) is 24.8 Å². The van der Waals surface area contributed by atoms with Crippen molar-refractivity contribution in [2.24, 2.45) is 5.92 Å². The standard InChI is InChI=1S/C16H20N4O4S/c1-17-15(21)11-8-12(13(9-11)20-25(2,22)23)16-18-14(19-24-16)10-6-4-3-5-7-10/h3-7,11-13,20H,8-9H2,1-2H3,(H,17,21)/t11-,12-,13+/m1/s1. The Balaban J connectivity index is 1.87. The SMILES string of the molecule is CNC(=O)[C@H]1C[C@H](NS(C)(=O)=O)[C@H](c2nc(-c3ccccc3)no2)C1. The van der Waals surface area contributed by atoms with E-state index in [9.17, 15) is 13.2 Å². The number of sulfonamides is 1. The monoisotopic (exact) mass is 364 g/mol. The van der Waals surface area contributed by atoms with Crippen LogP contribution < -0.4 is 10.0 Å². The Bertz CT molecular complexity index is 850. The maximum absolute atomic E-state index is 12.0. The minimum atomic E-state index is -3.42. The molecule has 0 saturated heterocycles. The Hall–Kier alpha value is -2.26. The van der Waals surface area contributed by atoms with Crippen molar-refractivity contribution in [3.05, 3.63) is 36.2 Å². The van der Waals surface area contributed by atoms with Crippen LogP contribution in [0.4, 0.5) is 0 Å². The molecule has 3 rings (SSSR count). The molecule has 1 amide bonds.